The summed E-state index contributed by atoms with van der Waals surface area (Å²) in [4.78, 5) is -0.215. The molecule has 0 spiro atoms. The standard InChI is InChI=1S/C12H16F3NO3S/c1-2-7-16(8-9-17)20(18,19)11-5-3-10(4-6-11)12(13,14)15/h3-6,17H,2,7-9H2,1H3. The quantitative estimate of drug-likeness (QED) is 0.875. The van der Waals surface area contributed by atoms with E-state index in [0.717, 1.165) is 28.6 Å². The fourth-order valence-corrected chi connectivity index (χ4v) is 3.20. The number of aliphatic hydroxyl groups is 1. The van der Waals surface area contributed by atoms with Crippen molar-refractivity contribution in [2.24, 2.45) is 0 Å². The van der Waals surface area contributed by atoms with Crippen molar-refractivity contribution < 1.29 is 26.7 Å². The van der Waals surface area contributed by atoms with Crippen molar-refractivity contribution in [3.63, 3.8) is 0 Å². The van der Waals surface area contributed by atoms with E-state index in [1.807, 2.05) is 0 Å². The third-order valence-corrected chi connectivity index (χ3v) is 4.55. The normalized spacial score (nSPS) is 12.9. The molecule has 1 aromatic carbocycles. The summed E-state index contributed by atoms with van der Waals surface area (Å²) in [6.07, 6.45) is -3.96. The van der Waals surface area contributed by atoms with Crippen LogP contribution in [0.1, 0.15) is 18.9 Å². The Labute approximate surface area is 115 Å². The number of hydrogen-bond acceptors (Lipinski definition) is 3. The predicted molar refractivity (Wildman–Crippen MR) is 67.6 cm³/mol. The van der Waals surface area contributed by atoms with Crippen LogP contribution in [0.3, 0.4) is 0 Å². The average molecular weight is 311 g/mol. The number of aliphatic hydroxyl groups excluding tert-OH is 1. The first-order valence-corrected chi connectivity index (χ1v) is 7.45. The highest BCUT2D eigenvalue weighted by molar-refractivity contribution is 7.89. The molecule has 1 aromatic rings. The minimum absolute atomic E-state index is 0.0861. The van der Waals surface area contributed by atoms with Crippen LogP contribution in [-0.4, -0.2) is 37.5 Å². The van der Waals surface area contributed by atoms with Crippen molar-refractivity contribution >= 4 is 10.0 Å². The largest absolute Gasteiger partial charge is 0.416 e. The highest BCUT2D eigenvalue weighted by Crippen LogP contribution is 2.30. The van der Waals surface area contributed by atoms with Crippen LogP contribution in [0.4, 0.5) is 13.2 Å². The Morgan fingerprint density at radius 3 is 2.10 bits per heavy atom. The Morgan fingerprint density at radius 2 is 1.70 bits per heavy atom. The maximum atomic E-state index is 12.4. The van der Waals surface area contributed by atoms with Crippen LogP contribution in [-0.2, 0) is 16.2 Å². The zero-order chi connectivity index (χ0) is 15.4. The molecule has 0 bridgehead atoms. The van der Waals surface area contributed by atoms with E-state index in [0.29, 0.717) is 6.42 Å². The number of halogens is 3. The van der Waals surface area contributed by atoms with Crippen LogP contribution >= 0.6 is 0 Å². The van der Waals surface area contributed by atoms with Crippen molar-refractivity contribution in [2.75, 3.05) is 19.7 Å². The first kappa shape index (κ1) is 16.9. The lowest BCUT2D eigenvalue weighted by Gasteiger charge is -2.20. The predicted octanol–water partition coefficient (Wildman–Crippen LogP) is 2.10. The highest BCUT2D eigenvalue weighted by atomic mass is 32.2. The zero-order valence-corrected chi connectivity index (χ0v) is 11.7. The molecular formula is C12H16F3NO3S. The highest BCUT2D eigenvalue weighted by Gasteiger charge is 2.31. The topological polar surface area (TPSA) is 57.6 Å². The van der Waals surface area contributed by atoms with Crippen LogP contribution in [0, 0.1) is 0 Å². The lowest BCUT2D eigenvalue weighted by Crippen LogP contribution is -2.34. The van der Waals surface area contributed by atoms with Gasteiger partial charge in [0.25, 0.3) is 0 Å². The second kappa shape index (κ2) is 6.55. The molecule has 0 fully saturated rings. The second-order valence-corrected chi connectivity index (χ2v) is 6.09. The van der Waals surface area contributed by atoms with E-state index in [-0.39, 0.29) is 24.6 Å². The maximum Gasteiger partial charge on any atom is 0.416 e. The summed E-state index contributed by atoms with van der Waals surface area (Å²) in [6.45, 7) is 1.54. The van der Waals surface area contributed by atoms with Crippen molar-refractivity contribution in [1.82, 2.24) is 4.31 Å². The number of nitrogens with zero attached hydrogens (tertiary/aromatic N) is 1. The lowest BCUT2D eigenvalue weighted by atomic mass is 10.2. The fourth-order valence-electron chi connectivity index (χ4n) is 1.68. The van der Waals surface area contributed by atoms with E-state index in [9.17, 15) is 21.6 Å². The molecule has 0 heterocycles. The monoisotopic (exact) mass is 311 g/mol. The summed E-state index contributed by atoms with van der Waals surface area (Å²) < 4.78 is 62.7. The smallest absolute Gasteiger partial charge is 0.395 e. The molecule has 0 aliphatic rings. The van der Waals surface area contributed by atoms with Crippen molar-refractivity contribution in [3.8, 4) is 0 Å². The summed E-state index contributed by atoms with van der Waals surface area (Å²) >= 11 is 0. The molecular weight excluding hydrogens is 295 g/mol. The molecule has 4 nitrogen and oxygen atoms in total. The minimum Gasteiger partial charge on any atom is -0.395 e. The average Bonchev–Trinajstić information content (AvgIpc) is 2.37. The molecule has 0 aromatic heterocycles. The molecule has 0 unspecified atom stereocenters. The Morgan fingerprint density at radius 1 is 1.15 bits per heavy atom. The van der Waals surface area contributed by atoms with Gasteiger partial charge in [-0.15, -0.1) is 0 Å². The van der Waals surface area contributed by atoms with E-state index in [1.165, 1.54) is 0 Å². The summed E-state index contributed by atoms with van der Waals surface area (Å²) in [6, 6.07) is 3.32. The van der Waals surface area contributed by atoms with Gasteiger partial charge in [-0.25, -0.2) is 8.42 Å². The van der Waals surface area contributed by atoms with Gasteiger partial charge < -0.3 is 5.11 Å². The van der Waals surface area contributed by atoms with Crippen molar-refractivity contribution in [3.05, 3.63) is 29.8 Å². The number of sulfonamides is 1. The molecule has 1 rings (SSSR count). The molecule has 0 amide bonds. The summed E-state index contributed by atoms with van der Waals surface area (Å²) in [7, 11) is -3.88. The van der Waals surface area contributed by atoms with Gasteiger partial charge in [0, 0.05) is 13.1 Å². The Bertz CT molecular complexity index is 520. The van der Waals surface area contributed by atoms with E-state index >= 15 is 0 Å². The van der Waals surface area contributed by atoms with Crippen molar-refractivity contribution in [1.29, 1.82) is 0 Å². The van der Waals surface area contributed by atoms with Gasteiger partial charge in [0.15, 0.2) is 0 Å². The molecule has 0 atom stereocenters. The van der Waals surface area contributed by atoms with E-state index in [4.69, 9.17) is 5.11 Å². The lowest BCUT2D eigenvalue weighted by molar-refractivity contribution is -0.137. The van der Waals surface area contributed by atoms with Gasteiger partial charge in [0.05, 0.1) is 17.1 Å². The summed E-state index contributed by atoms with van der Waals surface area (Å²) in [5.74, 6) is 0. The SMILES string of the molecule is CCCN(CCO)S(=O)(=O)c1ccc(C(F)(F)F)cc1. The first-order valence-electron chi connectivity index (χ1n) is 6.01. The first-order chi connectivity index (χ1) is 9.23. The zero-order valence-electron chi connectivity index (χ0n) is 10.9. The molecule has 0 radical (unpaired) electrons. The van der Waals surface area contributed by atoms with Gasteiger partial charge in [-0.1, -0.05) is 6.92 Å². The van der Waals surface area contributed by atoms with Gasteiger partial charge >= 0.3 is 6.18 Å². The van der Waals surface area contributed by atoms with Crippen LogP contribution in [0.15, 0.2) is 29.2 Å². The third kappa shape index (κ3) is 3.94. The maximum absolute atomic E-state index is 12.4. The number of rotatable bonds is 6. The second-order valence-electron chi connectivity index (χ2n) is 4.15. The molecule has 20 heavy (non-hydrogen) atoms. The molecule has 1 N–H and O–H groups in total. The van der Waals surface area contributed by atoms with E-state index in [2.05, 4.69) is 0 Å². The van der Waals surface area contributed by atoms with E-state index < -0.39 is 21.8 Å². The van der Waals surface area contributed by atoms with Gasteiger partial charge in [0.2, 0.25) is 10.0 Å². The summed E-state index contributed by atoms with van der Waals surface area (Å²) in [5, 5.41) is 8.87. The number of alkyl halides is 3. The molecule has 0 saturated carbocycles. The Balaban J connectivity index is 3.08. The minimum atomic E-state index is -4.50. The molecule has 0 aliphatic heterocycles. The van der Waals surface area contributed by atoms with E-state index in [1.54, 1.807) is 6.92 Å². The van der Waals surface area contributed by atoms with Gasteiger partial charge in [-0.05, 0) is 30.7 Å². The fraction of sp³-hybridized carbons (Fsp3) is 0.500. The number of hydrogen-bond donors (Lipinski definition) is 1. The van der Waals surface area contributed by atoms with Crippen LogP contribution in [0.25, 0.3) is 0 Å². The van der Waals surface area contributed by atoms with Gasteiger partial charge in [-0.2, -0.15) is 17.5 Å². The molecule has 8 heteroatoms. The van der Waals surface area contributed by atoms with Crippen molar-refractivity contribution in [2.45, 2.75) is 24.4 Å². The van der Waals surface area contributed by atoms with Crippen LogP contribution in [0.5, 0.6) is 0 Å². The number of benzene rings is 1. The molecule has 114 valence electrons. The molecule has 0 saturated heterocycles. The third-order valence-electron chi connectivity index (χ3n) is 2.64. The van der Waals surface area contributed by atoms with Gasteiger partial charge in [0.1, 0.15) is 0 Å². The molecule has 0 aliphatic carbocycles. The Kier molecular flexibility index (Phi) is 5.55. The van der Waals surface area contributed by atoms with Gasteiger partial charge in [-0.3, -0.25) is 0 Å². The van der Waals surface area contributed by atoms with Crippen LogP contribution in [0.2, 0.25) is 0 Å². The Hall–Kier alpha value is -1.12. The summed E-state index contributed by atoms with van der Waals surface area (Å²) in [5.41, 5.74) is -0.902. The van der Waals surface area contributed by atoms with Crippen LogP contribution < -0.4 is 0 Å².